The second-order valence-electron chi connectivity index (χ2n) is 7.01. The van der Waals surface area contributed by atoms with Crippen LogP contribution in [0.5, 0.6) is 11.5 Å². The van der Waals surface area contributed by atoms with Crippen molar-refractivity contribution < 1.29 is 14.6 Å². The SMILES string of the molecule is Cl.Oc1ccc(CCN(CCc2cccc(O)c2F)CC2CCC2)cc1. The maximum Gasteiger partial charge on any atom is 0.168 e. The number of hydrogen-bond acceptors (Lipinski definition) is 3. The van der Waals surface area contributed by atoms with Crippen molar-refractivity contribution in [2.75, 3.05) is 19.6 Å². The first-order valence-electron chi connectivity index (χ1n) is 9.08. The van der Waals surface area contributed by atoms with Gasteiger partial charge in [-0.1, -0.05) is 30.7 Å². The summed E-state index contributed by atoms with van der Waals surface area (Å²) in [7, 11) is 0. The molecular formula is C21H27ClFNO2. The summed E-state index contributed by atoms with van der Waals surface area (Å²) in [5, 5.41) is 18.9. The summed E-state index contributed by atoms with van der Waals surface area (Å²) in [6.45, 7) is 2.76. The Bertz CT molecular complexity index is 689. The average Bonchev–Trinajstić information content (AvgIpc) is 2.57. The number of aromatic hydroxyl groups is 2. The van der Waals surface area contributed by atoms with Crippen molar-refractivity contribution in [1.29, 1.82) is 0 Å². The predicted octanol–water partition coefficient (Wildman–Crippen LogP) is 4.55. The van der Waals surface area contributed by atoms with Gasteiger partial charge >= 0.3 is 0 Å². The number of phenolic OH excluding ortho intramolecular Hbond substituents is 2. The van der Waals surface area contributed by atoms with E-state index in [1.807, 2.05) is 12.1 Å². The minimum atomic E-state index is -0.496. The molecule has 0 saturated heterocycles. The van der Waals surface area contributed by atoms with Crippen molar-refractivity contribution in [3.05, 3.63) is 59.4 Å². The molecule has 1 aliphatic rings. The van der Waals surface area contributed by atoms with Crippen molar-refractivity contribution in [2.45, 2.75) is 32.1 Å². The summed E-state index contributed by atoms with van der Waals surface area (Å²) in [4.78, 5) is 2.40. The molecule has 0 spiro atoms. The van der Waals surface area contributed by atoms with E-state index in [-0.39, 0.29) is 23.9 Å². The molecular weight excluding hydrogens is 353 g/mol. The van der Waals surface area contributed by atoms with Crippen molar-refractivity contribution in [2.24, 2.45) is 5.92 Å². The zero-order valence-corrected chi connectivity index (χ0v) is 15.7. The molecule has 0 bridgehead atoms. The highest BCUT2D eigenvalue weighted by atomic mass is 35.5. The van der Waals surface area contributed by atoms with Crippen molar-refractivity contribution >= 4 is 12.4 Å². The standard InChI is InChI=1S/C21H26FNO2.ClH/c22-21-18(5-2-6-20(21)25)12-14-23(15-17-3-1-4-17)13-11-16-7-9-19(24)10-8-16;/h2,5-10,17,24-25H,1,3-4,11-15H2;1H. The molecule has 2 N–H and O–H groups in total. The number of rotatable bonds is 8. The van der Waals surface area contributed by atoms with Gasteiger partial charge < -0.3 is 15.1 Å². The van der Waals surface area contributed by atoms with Crippen LogP contribution in [0.25, 0.3) is 0 Å². The third-order valence-electron chi connectivity index (χ3n) is 5.15. The molecule has 0 unspecified atom stereocenters. The largest absolute Gasteiger partial charge is 0.508 e. The number of phenols is 2. The van der Waals surface area contributed by atoms with E-state index >= 15 is 0 Å². The fraction of sp³-hybridized carbons (Fsp3) is 0.429. The third-order valence-corrected chi connectivity index (χ3v) is 5.15. The van der Waals surface area contributed by atoms with Crippen LogP contribution in [-0.4, -0.2) is 34.7 Å². The molecule has 26 heavy (non-hydrogen) atoms. The molecule has 0 radical (unpaired) electrons. The fourth-order valence-corrected chi connectivity index (χ4v) is 3.32. The summed E-state index contributed by atoms with van der Waals surface area (Å²) in [5.74, 6) is 0.278. The lowest BCUT2D eigenvalue weighted by molar-refractivity contribution is 0.180. The molecule has 0 amide bonds. The summed E-state index contributed by atoms with van der Waals surface area (Å²) >= 11 is 0. The summed E-state index contributed by atoms with van der Waals surface area (Å²) in [6, 6.07) is 12.2. The smallest absolute Gasteiger partial charge is 0.168 e. The van der Waals surface area contributed by atoms with Crippen LogP contribution in [0, 0.1) is 11.7 Å². The van der Waals surface area contributed by atoms with Crippen molar-refractivity contribution in [1.82, 2.24) is 4.90 Å². The molecule has 1 aliphatic carbocycles. The van der Waals surface area contributed by atoms with Crippen LogP contribution in [0.3, 0.4) is 0 Å². The second-order valence-corrected chi connectivity index (χ2v) is 7.01. The van der Waals surface area contributed by atoms with Gasteiger partial charge in [-0.05, 0) is 60.9 Å². The molecule has 1 saturated carbocycles. The average molecular weight is 380 g/mol. The molecule has 142 valence electrons. The Morgan fingerprint density at radius 2 is 1.65 bits per heavy atom. The van der Waals surface area contributed by atoms with Crippen LogP contribution in [0.1, 0.15) is 30.4 Å². The lowest BCUT2D eigenvalue weighted by atomic mass is 9.85. The van der Waals surface area contributed by atoms with E-state index in [4.69, 9.17) is 0 Å². The molecule has 0 atom stereocenters. The van der Waals surface area contributed by atoms with Gasteiger partial charge in [-0.15, -0.1) is 12.4 Å². The number of benzene rings is 2. The van der Waals surface area contributed by atoms with Gasteiger partial charge in [0.2, 0.25) is 0 Å². The first-order valence-corrected chi connectivity index (χ1v) is 9.08. The summed E-state index contributed by atoms with van der Waals surface area (Å²) < 4.78 is 14.0. The Hall–Kier alpha value is -1.78. The fourth-order valence-electron chi connectivity index (χ4n) is 3.32. The van der Waals surface area contributed by atoms with Crippen LogP contribution in [0.4, 0.5) is 4.39 Å². The lowest BCUT2D eigenvalue weighted by Crippen LogP contribution is -2.35. The van der Waals surface area contributed by atoms with E-state index in [0.717, 1.165) is 32.0 Å². The molecule has 3 nitrogen and oxygen atoms in total. The lowest BCUT2D eigenvalue weighted by Gasteiger charge is -2.32. The summed E-state index contributed by atoms with van der Waals surface area (Å²) in [5.41, 5.74) is 1.77. The van der Waals surface area contributed by atoms with E-state index in [0.29, 0.717) is 12.0 Å². The molecule has 2 aromatic carbocycles. The Morgan fingerprint density at radius 3 is 2.31 bits per heavy atom. The monoisotopic (exact) mass is 379 g/mol. The van der Waals surface area contributed by atoms with Gasteiger partial charge in [0.05, 0.1) is 0 Å². The molecule has 0 heterocycles. The first kappa shape index (κ1) is 20.5. The Morgan fingerprint density at radius 1 is 0.962 bits per heavy atom. The summed E-state index contributed by atoms with van der Waals surface area (Å²) in [6.07, 6.45) is 5.40. The van der Waals surface area contributed by atoms with Gasteiger partial charge in [0.25, 0.3) is 0 Å². The van der Waals surface area contributed by atoms with Gasteiger partial charge in [-0.2, -0.15) is 0 Å². The minimum absolute atomic E-state index is 0. The highest BCUT2D eigenvalue weighted by Gasteiger charge is 2.21. The third kappa shape index (κ3) is 5.61. The normalized spacial score (nSPS) is 14.1. The molecule has 3 rings (SSSR count). The topological polar surface area (TPSA) is 43.7 Å². The van der Waals surface area contributed by atoms with E-state index in [2.05, 4.69) is 4.90 Å². The van der Waals surface area contributed by atoms with E-state index in [1.54, 1.807) is 24.3 Å². The van der Waals surface area contributed by atoms with Gasteiger partial charge in [0.15, 0.2) is 11.6 Å². The second kappa shape index (κ2) is 9.79. The maximum atomic E-state index is 14.0. The predicted molar refractivity (Wildman–Crippen MR) is 105 cm³/mol. The van der Waals surface area contributed by atoms with Gasteiger partial charge in [-0.3, -0.25) is 0 Å². The van der Waals surface area contributed by atoms with Gasteiger partial charge in [-0.25, -0.2) is 4.39 Å². The highest BCUT2D eigenvalue weighted by molar-refractivity contribution is 5.85. The van der Waals surface area contributed by atoms with E-state index < -0.39 is 5.82 Å². The van der Waals surface area contributed by atoms with Crippen LogP contribution >= 0.6 is 12.4 Å². The Balaban J connectivity index is 0.00000243. The highest BCUT2D eigenvalue weighted by Crippen LogP contribution is 2.27. The molecule has 0 aromatic heterocycles. The van der Waals surface area contributed by atoms with Crippen LogP contribution in [0.2, 0.25) is 0 Å². The van der Waals surface area contributed by atoms with Crippen molar-refractivity contribution in [3.63, 3.8) is 0 Å². The zero-order valence-electron chi connectivity index (χ0n) is 14.9. The molecule has 1 fully saturated rings. The first-order chi connectivity index (χ1) is 12.1. The molecule has 5 heteroatoms. The van der Waals surface area contributed by atoms with Crippen molar-refractivity contribution in [3.8, 4) is 11.5 Å². The van der Waals surface area contributed by atoms with E-state index in [9.17, 15) is 14.6 Å². The van der Waals surface area contributed by atoms with E-state index in [1.165, 1.54) is 30.9 Å². The zero-order chi connectivity index (χ0) is 17.6. The Kier molecular flexibility index (Phi) is 7.73. The van der Waals surface area contributed by atoms with Crippen LogP contribution in [0.15, 0.2) is 42.5 Å². The quantitative estimate of drug-likeness (QED) is 0.707. The number of hydrogen-bond donors (Lipinski definition) is 2. The van der Waals surface area contributed by atoms with Crippen LogP contribution in [-0.2, 0) is 12.8 Å². The number of halogens is 2. The number of nitrogens with zero attached hydrogens (tertiary/aromatic N) is 1. The molecule has 2 aromatic rings. The van der Waals surface area contributed by atoms with Gasteiger partial charge in [0.1, 0.15) is 5.75 Å². The van der Waals surface area contributed by atoms with Gasteiger partial charge in [0, 0.05) is 19.6 Å². The Labute approximate surface area is 160 Å². The molecule has 0 aliphatic heterocycles. The minimum Gasteiger partial charge on any atom is -0.508 e. The maximum absolute atomic E-state index is 14.0. The van der Waals surface area contributed by atoms with Crippen LogP contribution < -0.4 is 0 Å².